The maximum Gasteiger partial charge on any atom is 0.252 e. The quantitative estimate of drug-likeness (QED) is 0.579. The Morgan fingerprint density at radius 2 is 2.13 bits per heavy atom. The number of thiazole rings is 1. The van der Waals surface area contributed by atoms with Gasteiger partial charge in [0.05, 0.1) is 17.2 Å². The van der Waals surface area contributed by atoms with Crippen molar-refractivity contribution in [2.75, 3.05) is 19.7 Å². The summed E-state index contributed by atoms with van der Waals surface area (Å²) in [7, 11) is -1.70. The van der Waals surface area contributed by atoms with E-state index < -0.39 is 15.9 Å². The number of fused-ring (bicyclic) bond motifs is 1. The number of nitrogens with zero attached hydrogens (tertiary/aromatic N) is 3. The number of hydrogen-bond acceptors (Lipinski definition) is 6. The van der Waals surface area contributed by atoms with Gasteiger partial charge in [0, 0.05) is 20.1 Å². The predicted molar refractivity (Wildman–Crippen MR) is 118 cm³/mol. The van der Waals surface area contributed by atoms with Crippen molar-refractivity contribution in [1.29, 1.82) is 0 Å². The Balaban J connectivity index is 1.61. The molecule has 160 valence electrons. The van der Waals surface area contributed by atoms with Crippen molar-refractivity contribution in [2.45, 2.75) is 24.0 Å². The Morgan fingerprint density at radius 3 is 2.87 bits per heavy atom. The number of piperidine rings is 1. The molecule has 0 radical (unpaired) electrons. The van der Waals surface area contributed by atoms with Crippen LogP contribution in [-0.2, 0) is 21.9 Å². The van der Waals surface area contributed by atoms with Crippen molar-refractivity contribution in [2.24, 2.45) is 18.0 Å². The average Bonchev–Trinajstić information content (AvgIpc) is 3.38. The van der Waals surface area contributed by atoms with E-state index >= 15 is 0 Å². The Labute approximate surface area is 183 Å². The van der Waals surface area contributed by atoms with Crippen LogP contribution in [0.2, 0.25) is 0 Å². The van der Waals surface area contributed by atoms with E-state index in [-0.39, 0.29) is 12.5 Å². The lowest BCUT2D eigenvalue weighted by Gasteiger charge is -2.29. The number of hydrogen-bond donors (Lipinski definition) is 0. The second-order valence-electron chi connectivity index (χ2n) is 7.06. The second-order valence-corrected chi connectivity index (χ2v) is 11.2. The van der Waals surface area contributed by atoms with Crippen molar-refractivity contribution in [3.8, 4) is 5.75 Å². The number of thiophene rings is 1. The fraction of sp³-hybridized carbons (Fsp3) is 0.400. The molecule has 4 rings (SSSR count). The zero-order valence-corrected chi connectivity index (χ0v) is 19.2. The molecule has 0 N–H and O–H groups in total. The summed E-state index contributed by atoms with van der Waals surface area (Å²) >= 11 is 2.62. The van der Waals surface area contributed by atoms with Gasteiger partial charge in [0.2, 0.25) is 0 Å². The standard InChI is InChI=1S/C20H23N3O4S3/c1-3-27-15-8-4-9-16-18(15)22(2)20(29-16)21-19(24)14-7-5-11-23(13-14)30(25,26)17-10-6-12-28-17/h4,6,8-10,12,14H,3,5,7,11,13H2,1-2H3. The monoisotopic (exact) mass is 465 g/mol. The molecule has 1 aliphatic rings. The number of benzene rings is 1. The van der Waals surface area contributed by atoms with Crippen LogP contribution in [0.5, 0.6) is 5.75 Å². The largest absolute Gasteiger partial charge is 0.492 e. The summed E-state index contributed by atoms with van der Waals surface area (Å²) in [5.41, 5.74) is 0.904. The number of sulfonamides is 1. The highest BCUT2D eigenvalue weighted by Crippen LogP contribution is 2.28. The highest BCUT2D eigenvalue weighted by molar-refractivity contribution is 7.91. The van der Waals surface area contributed by atoms with Crippen LogP contribution in [0.15, 0.2) is 44.9 Å². The molecule has 1 saturated heterocycles. The van der Waals surface area contributed by atoms with Gasteiger partial charge in [-0.3, -0.25) is 4.79 Å². The zero-order valence-electron chi connectivity index (χ0n) is 16.8. The number of aromatic nitrogens is 1. The maximum absolute atomic E-state index is 12.9. The summed E-state index contributed by atoms with van der Waals surface area (Å²) in [5, 5.41) is 1.74. The number of para-hydroxylation sites is 1. The molecule has 30 heavy (non-hydrogen) atoms. The molecule has 1 aromatic carbocycles. The first-order valence-corrected chi connectivity index (χ1v) is 12.9. The summed E-state index contributed by atoms with van der Waals surface area (Å²) in [6.45, 7) is 3.08. The van der Waals surface area contributed by atoms with Gasteiger partial charge >= 0.3 is 0 Å². The summed E-state index contributed by atoms with van der Waals surface area (Å²) in [5.74, 6) is 0.0415. The highest BCUT2D eigenvalue weighted by atomic mass is 32.2. The molecule has 1 amide bonds. The molecule has 2 aromatic heterocycles. The Morgan fingerprint density at radius 1 is 1.30 bits per heavy atom. The fourth-order valence-corrected chi connectivity index (χ4v) is 7.34. The van der Waals surface area contributed by atoms with Crippen LogP contribution in [0.3, 0.4) is 0 Å². The number of ether oxygens (including phenoxy) is 1. The Kier molecular flexibility index (Phi) is 6.10. The molecule has 1 aliphatic heterocycles. The van der Waals surface area contributed by atoms with Crippen molar-refractivity contribution >= 4 is 48.8 Å². The van der Waals surface area contributed by atoms with Gasteiger partial charge < -0.3 is 9.30 Å². The number of carbonyl (C=O) groups excluding carboxylic acids is 1. The smallest absolute Gasteiger partial charge is 0.252 e. The molecule has 3 heterocycles. The van der Waals surface area contributed by atoms with Gasteiger partial charge in [-0.1, -0.05) is 23.5 Å². The van der Waals surface area contributed by atoms with E-state index in [1.807, 2.05) is 36.7 Å². The van der Waals surface area contributed by atoms with Crippen LogP contribution in [0.1, 0.15) is 19.8 Å². The van der Waals surface area contributed by atoms with Crippen molar-refractivity contribution in [1.82, 2.24) is 8.87 Å². The van der Waals surface area contributed by atoms with Gasteiger partial charge in [0.1, 0.15) is 15.5 Å². The molecule has 10 heteroatoms. The molecule has 0 spiro atoms. The first-order valence-electron chi connectivity index (χ1n) is 9.75. The van der Waals surface area contributed by atoms with E-state index in [0.717, 1.165) is 16.0 Å². The minimum Gasteiger partial charge on any atom is -0.492 e. The van der Waals surface area contributed by atoms with Crippen LogP contribution in [0, 0.1) is 5.92 Å². The van der Waals surface area contributed by atoms with E-state index in [1.165, 1.54) is 27.0 Å². The normalized spacial score (nSPS) is 18.7. The van der Waals surface area contributed by atoms with E-state index in [4.69, 9.17) is 4.74 Å². The number of aryl methyl sites for hydroxylation is 1. The lowest BCUT2D eigenvalue weighted by molar-refractivity contribution is -0.122. The molecule has 1 fully saturated rings. The van der Waals surface area contributed by atoms with Crippen LogP contribution in [0.4, 0.5) is 0 Å². The lowest BCUT2D eigenvalue weighted by Crippen LogP contribution is -2.42. The van der Waals surface area contributed by atoms with Crippen LogP contribution < -0.4 is 9.54 Å². The van der Waals surface area contributed by atoms with Crippen molar-refractivity contribution < 1.29 is 17.9 Å². The van der Waals surface area contributed by atoms with E-state index in [2.05, 4.69) is 4.99 Å². The highest BCUT2D eigenvalue weighted by Gasteiger charge is 2.33. The molecule has 0 aliphatic carbocycles. The third kappa shape index (κ3) is 3.96. The van der Waals surface area contributed by atoms with Crippen LogP contribution in [-0.4, -0.2) is 42.9 Å². The van der Waals surface area contributed by atoms with Gasteiger partial charge in [-0.2, -0.15) is 9.30 Å². The number of rotatable bonds is 5. The molecule has 1 unspecified atom stereocenters. The molecule has 7 nitrogen and oxygen atoms in total. The average molecular weight is 466 g/mol. The predicted octanol–water partition coefficient (Wildman–Crippen LogP) is 3.23. The third-order valence-electron chi connectivity index (χ3n) is 5.11. The topological polar surface area (TPSA) is 81.0 Å². The van der Waals surface area contributed by atoms with Crippen molar-refractivity contribution in [3.05, 3.63) is 40.5 Å². The minimum absolute atomic E-state index is 0.168. The minimum atomic E-state index is -3.56. The van der Waals surface area contributed by atoms with Gasteiger partial charge in [-0.25, -0.2) is 8.42 Å². The second kappa shape index (κ2) is 8.62. The van der Waals surface area contributed by atoms with Gasteiger partial charge in [0.25, 0.3) is 15.9 Å². The van der Waals surface area contributed by atoms with Crippen molar-refractivity contribution in [3.63, 3.8) is 0 Å². The van der Waals surface area contributed by atoms with E-state index in [9.17, 15) is 13.2 Å². The summed E-state index contributed by atoms with van der Waals surface area (Å²) in [6, 6.07) is 9.12. The first kappa shape index (κ1) is 21.2. The summed E-state index contributed by atoms with van der Waals surface area (Å²) in [4.78, 5) is 17.9. The van der Waals surface area contributed by atoms with Crippen LogP contribution >= 0.6 is 22.7 Å². The van der Waals surface area contributed by atoms with Gasteiger partial charge in [-0.15, -0.1) is 11.3 Å². The molecular formula is C20H23N3O4S3. The summed E-state index contributed by atoms with van der Waals surface area (Å²) in [6.07, 6.45) is 1.28. The Hall–Kier alpha value is -2.01. The van der Waals surface area contributed by atoms with Gasteiger partial charge in [0.15, 0.2) is 4.80 Å². The van der Waals surface area contributed by atoms with Gasteiger partial charge in [-0.05, 0) is 43.3 Å². The molecular weight excluding hydrogens is 442 g/mol. The zero-order chi connectivity index (χ0) is 21.3. The summed E-state index contributed by atoms with van der Waals surface area (Å²) < 4.78 is 35.9. The number of carbonyl (C=O) groups is 1. The number of amides is 1. The molecule has 1 atom stereocenters. The Bertz CT molecular complexity index is 1230. The molecule has 3 aromatic rings. The third-order valence-corrected chi connectivity index (χ3v) is 9.45. The maximum atomic E-state index is 12.9. The van der Waals surface area contributed by atoms with Crippen LogP contribution in [0.25, 0.3) is 10.2 Å². The van der Waals surface area contributed by atoms with E-state index in [0.29, 0.717) is 35.0 Å². The lowest BCUT2D eigenvalue weighted by atomic mass is 9.99. The SMILES string of the molecule is CCOc1cccc2sc(=NC(=O)C3CCCN(S(=O)(=O)c4cccs4)C3)n(C)c12. The van der Waals surface area contributed by atoms with E-state index in [1.54, 1.807) is 17.5 Å². The fourth-order valence-electron chi connectivity index (χ4n) is 3.63. The first-order chi connectivity index (χ1) is 14.4. The molecule has 0 bridgehead atoms. The molecule has 0 saturated carbocycles.